The molecule has 0 radical (unpaired) electrons. The SMILES string of the molecule is OCc1ccc(OCc2nc(Cl)c3ccsc3n2)cc1. The molecular formula is C14H11ClN2O2S. The molecule has 0 fully saturated rings. The number of nitrogens with zero attached hydrogens (tertiary/aromatic N) is 2. The molecule has 2 heterocycles. The third kappa shape index (κ3) is 2.75. The summed E-state index contributed by atoms with van der Waals surface area (Å²) in [5.74, 6) is 1.25. The number of thiophene rings is 1. The zero-order valence-electron chi connectivity index (χ0n) is 10.4. The van der Waals surface area contributed by atoms with Crippen molar-refractivity contribution in [2.75, 3.05) is 0 Å². The van der Waals surface area contributed by atoms with Gasteiger partial charge in [-0.25, -0.2) is 9.97 Å². The highest BCUT2D eigenvalue weighted by atomic mass is 35.5. The highest BCUT2D eigenvalue weighted by Crippen LogP contribution is 2.25. The van der Waals surface area contributed by atoms with Crippen LogP contribution < -0.4 is 4.74 Å². The fourth-order valence-corrected chi connectivity index (χ4v) is 2.85. The van der Waals surface area contributed by atoms with Crippen LogP contribution in [0.25, 0.3) is 10.2 Å². The van der Waals surface area contributed by atoms with E-state index in [9.17, 15) is 0 Å². The Morgan fingerprint density at radius 3 is 2.70 bits per heavy atom. The molecule has 3 rings (SSSR count). The van der Waals surface area contributed by atoms with Gasteiger partial charge in [0.05, 0.1) is 6.61 Å². The fourth-order valence-electron chi connectivity index (χ4n) is 1.76. The summed E-state index contributed by atoms with van der Waals surface area (Å²) in [5, 5.41) is 12.2. The van der Waals surface area contributed by atoms with Gasteiger partial charge in [-0.15, -0.1) is 11.3 Å². The molecule has 6 heteroatoms. The normalized spacial score (nSPS) is 10.9. The summed E-state index contributed by atoms with van der Waals surface area (Å²) in [4.78, 5) is 9.48. The van der Waals surface area contributed by atoms with Crippen LogP contribution in [-0.2, 0) is 13.2 Å². The number of fused-ring (bicyclic) bond motifs is 1. The van der Waals surface area contributed by atoms with Crippen molar-refractivity contribution in [3.63, 3.8) is 0 Å². The summed E-state index contributed by atoms with van der Waals surface area (Å²) in [5.41, 5.74) is 0.844. The van der Waals surface area contributed by atoms with E-state index >= 15 is 0 Å². The van der Waals surface area contributed by atoms with Gasteiger partial charge in [-0.05, 0) is 29.1 Å². The second-order valence-corrected chi connectivity index (χ2v) is 5.41. The van der Waals surface area contributed by atoms with Crippen molar-refractivity contribution in [2.24, 2.45) is 0 Å². The second-order valence-electron chi connectivity index (χ2n) is 4.16. The van der Waals surface area contributed by atoms with Crippen molar-refractivity contribution in [3.05, 3.63) is 52.3 Å². The first-order chi connectivity index (χ1) is 9.76. The third-order valence-corrected chi connectivity index (χ3v) is 3.89. The molecule has 0 saturated carbocycles. The van der Waals surface area contributed by atoms with Crippen LogP contribution in [-0.4, -0.2) is 15.1 Å². The largest absolute Gasteiger partial charge is 0.486 e. The summed E-state index contributed by atoms with van der Waals surface area (Å²) in [6.07, 6.45) is 0. The number of aliphatic hydroxyl groups is 1. The highest BCUT2D eigenvalue weighted by molar-refractivity contribution is 7.16. The molecule has 0 spiro atoms. The molecule has 2 aromatic heterocycles. The van der Waals surface area contributed by atoms with Gasteiger partial charge >= 0.3 is 0 Å². The van der Waals surface area contributed by atoms with Gasteiger partial charge in [0.2, 0.25) is 0 Å². The summed E-state index contributed by atoms with van der Waals surface area (Å²) >= 11 is 7.62. The topological polar surface area (TPSA) is 55.2 Å². The van der Waals surface area contributed by atoms with E-state index in [1.165, 1.54) is 11.3 Å². The first kappa shape index (κ1) is 13.3. The second kappa shape index (κ2) is 5.75. The first-order valence-corrected chi connectivity index (χ1v) is 7.24. The predicted octanol–water partition coefficient (Wildman–Crippen LogP) is 3.42. The lowest BCUT2D eigenvalue weighted by molar-refractivity contribution is 0.280. The molecule has 0 atom stereocenters. The molecule has 1 N–H and O–H groups in total. The maximum Gasteiger partial charge on any atom is 0.169 e. The average Bonchev–Trinajstić information content (AvgIpc) is 2.94. The molecule has 0 bridgehead atoms. The molecule has 3 aromatic rings. The van der Waals surface area contributed by atoms with E-state index in [4.69, 9.17) is 21.4 Å². The number of benzene rings is 1. The summed E-state index contributed by atoms with van der Waals surface area (Å²) in [6, 6.07) is 9.13. The Morgan fingerprint density at radius 2 is 1.95 bits per heavy atom. The van der Waals surface area contributed by atoms with Crippen molar-refractivity contribution >= 4 is 33.2 Å². The van der Waals surface area contributed by atoms with Crippen LogP contribution >= 0.6 is 22.9 Å². The van der Waals surface area contributed by atoms with Crippen LogP contribution in [0.3, 0.4) is 0 Å². The Labute approximate surface area is 124 Å². The quantitative estimate of drug-likeness (QED) is 0.750. The zero-order valence-corrected chi connectivity index (χ0v) is 12.0. The number of hydrogen-bond donors (Lipinski definition) is 1. The van der Waals surface area contributed by atoms with Gasteiger partial charge in [0.25, 0.3) is 0 Å². The lowest BCUT2D eigenvalue weighted by atomic mass is 10.2. The average molecular weight is 307 g/mol. The lowest BCUT2D eigenvalue weighted by Crippen LogP contribution is -2.01. The summed E-state index contributed by atoms with van der Waals surface area (Å²) in [6.45, 7) is 0.278. The smallest absolute Gasteiger partial charge is 0.169 e. The number of ether oxygens (including phenoxy) is 1. The van der Waals surface area contributed by atoms with Gasteiger partial charge in [-0.2, -0.15) is 0 Å². The summed E-state index contributed by atoms with van der Waals surface area (Å²) < 4.78 is 5.61. The van der Waals surface area contributed by atoms with E-state index in [1.807, 2.05) is 23.6 Å². The Kier molecular flexibility index (Phi) is 3.82. The number of rotatable bonds is 4. The molecule has 0 amide bonds. The van der Waals surface area contributed by atoms with Gasteiger partial charge < -0.3 is 9.84 Å². The molecule has 20 heavy (non-hydrogen) atoms. The maximum absolute atomic E-state index is 8.97. The predicted molar refractivity (Wildman–Crippen MR) is 79.1 cm³/mol. The Balaban J connectivity index is 1.75. The van der Waals surface area contributed by atoms with Crippen LogP contribution in [0.1, 0.15) is 11.4 Å². The first-order valence-electron chi connectivity index (χ1n) is 5.98. The van der Waals surface area contributed by atoms with Gasteiger partial charge in [-0.1, -0.05) is 23.7 Å². The molecule has 4 nitrogen and oxygen atoms in total. The number of aliphatic hydroxyl groups excluding tert-OH is 1. The fraction of sp³-hybridized carbons (Fsp3) is 0.143. The van der Waals surface area contributed by atoms with Crippen molar-refractivity contribution < 1.29 is 9.84 Å². The Morgan fingerprint density at radius 1 is 1.15 bits per heavy atom. The minimum Gasteiger partial charge on any atom is -0.486 e. The van der Waals surface area contributed by atoms with Crippen molar-refractivity contribution in [3.8, 4) is 5.75 Å². The molecule has 102 valence electrons. The van der Waals surface area contributed by atoms with Crippen molar-refractivity contribution in [1.82, 2.24) is 9.97 Å². The van der Waals surface area contributed by atoms with E-state index in [2.05, 4.69) is 9.97 Å². The van der Waals surface area contributed by atoms with Crippen molar-refractivity contribution in [1.29, 1.82) is 0 Å². The molecule has 1 aromatic carbocycles. The molecule has 0 aliphatic heterocycles. The van der Waals surface area contributed by atoms with Gasteiger partial charge in [0.1, 0.15) is 22.3 Å². The van der Waals surface area contributed by atoms with Crippen LogP contribution in [0.4, 0.5) is 0 Å². The molecular weight excluding hydrogens is 296 g/mol. The van der Waals surface area contributed by atoms with Crippen LogP contribution in [0.2, 0.25) is 5.15 Å². The zero-order chi connectivity index (χ0) is 13.9. The van der Waals surface area contributed by atoms with E-state index < -0.39 is 0 Å². The highest BCUT2D eigenvalue weighted by Gasteiger charge is 2.07. The van der Waals surface area contributed by atoms with Gasteiger partial charge in [0.15, 0.2) is 5.82 Å². The Hall–Kier alpha value is -1.69. The number of hydrogen-bond acceptors (Lipinski definition) is 5. The van der Waals surface area contributed by atoms with E-state index in [0.29, 0.717) is 16.7 Å². The standard InChI is InChI=1S/C14H11ClN2O2S/c15-13-11-5-6-20-14(11)17-12(16-13)8-19-10-3-1-9(7-18)2-4-10/h1-6,18H,7-8H2. The molecule has 0 aliphatic rings. The van der Waals surface area contributed by atoms with E-state index in [1.54, 1.807) is 12.1 Å². The van der Waals surface area contributed by atoms with Crippen LogP contribution in [0, 0.1) is 0 Å². The third-order valence-electron chi connectivity index (χ3n) is 2.80. The van der Waals surface area contributed by atoms with Crippen LogP contribution in [0.15, 0.2) is 35.7 Å². The maximum atomic E-state index is 8.97. The van der Waals surface area contributed by atoms with E-state index in [-0.39, 0.29) is 13.2 Å². The molecule has 0 aliphatic carbocycles. The molecule has 0 unspecified atom stereocenters. The molecule has 0 saturated heterocycles. The summed E-state index contributed by atoms with van der Waals surface area (Å²) in [7, 11) is 0. The van der Waals surface area contributed by atoms with Crippen molar-refractivity contribution in [2.45, 2.75) is 13.2 Å². The van der Waals surface area contributed by atoms with Crippen LogP contribution in [0.5, 0.6) is 5.75 Å². The Bertz CT molecular complexity index is 728. The lowest BCUT2D eigenvalue weighted by Gasteiger charge is -2.06. The minimum atomic E-state index is 0.0219. The minimum absolute atomic E-state index is 0.0219. The van der Waals surface area contributed by atoms with Gasteiger partial charge in [-0.3, -0.25) is 0 Å². The van der Waals surface area contributed by atoms with Gasteiger partial charge in [0, 0.05) is 5.39 Å². The number of halogens is 1. The monoisotopic (exact) mass is 306 g/mol. The number of aromatic nitrogens is 2. The van der Waals surface area contributed by atoms with E-state index in [0.717, 1.165) is 15.8 Å².